The van der Waals surface area contributed by atoms with E-state index in [2.05, 4.69) is 55.0 Å². The van der Waals surface area contributed by atoms with Gasteiger partial charge in [0.25, 0.3) is 5.91 Å². The number of thiophene rings is 1. The second-order valence-corrected chi connectivity index (χ2v) is 7.12. The fraction of sp³-hybridized carbons (Fsp3) is 0.368. The van der Waals surface area contributed by atoms with E-state index in [1.54, 1.807) is 11.3 Å². The van der Waals surface area contributed by atoms with Gasteiger partial charge in [-0.15, -0.1) is 11.3 Å². The Kier molecular flexibility index (Phi) is 7.16. The smallest absolute Gasteiger partial charge is 0.293 e. The standard InChI is InChI=1S/C19H25N3O2S/c1-4-13(2)15-7-9-16(10-8-15)19(17-6-5-11-25-17)20-12-18(24)22-21-14(3)23/h5-11,13,19-20H,4,12H2,1-3H3,(H,21,23)(H,22,24)/p+1/t13-,19+/m0/s1. The number of nitrogens with two attached hydrogens (primary N) is 1. The summed E-state index contributed by atoms with van der Waals surface area (Å²) in [5.41, 5.74) is 7.21. The molecule has 0 aliphatic heterocycles. The second-order valence-electron chi connectivity index (χ2n) is 6.14. The first-order chi connectivity index (χ1) is 12.0. The number of quaternary nitrogens is 1. The molecule has 1 heterocycles. The number of amides is 2. The van der Waals surface area contributed by atoms with Crippen LogP contribution in [-0.2, 0) is 9.59 Å². The van der Waals surface area contributed by atoms with E-state index >= 15 is 0 Å². The molecule has 2 atom stereocenters. The summed E-state index contributed by atoms with van der Waals surface area (Å²) >= 11 is 1.68. The minimum Gasteiger partial charge on any atom is -0.328 e. The number of hydrogen-bond donors (Lipinski definition) is 3. The van der Waals surface area contributed by atoms with Crippen molar-refractivity contribution in [3.63, 3.8) is 0 Å². The third-order valence-corrected chi connectivity index (χ3v) is 5.20. The van der Waals surface area contributed by atoms with Crippen LogP contribution in [0.1, 0.15) is 55.2 Å². The van der Waals surface area contributed by atoms with E-state index in [1.165, 1.54) is 22.9 Å². The molecule has 0 bridgehead atoms. The van der Waals surface area contributed by atoms with Crippen molar-refractivity contribution in [3.05, 3.63) is 57.8 Å². The lowest BCUT2D eigenvalue weighted by molar-refractivity contribution is -0.676. The number of hydrogen-bond acceptors (Lipinski definition) is 3. The van der Waals surface area contributed by atoms with Gasteiger partial charge >= 0.3 is 0 Å². The topological polar surface area (TPSA) is 74.8 Å². The maximum absolute atomic E-state index is 11.9. The van der Waals surface area contributed by atoms with Crippen LogP contribution in [0.15, 0.2) is 41.8 Å². The van der Waals surface area contributed by atoms with Gasteiger partial charge in [0.15, 0.2) is 6.54 Å². The van der Waals surface area contributed by atoms with Gasteiger partial charge in [0.05, 0.1) is 4.88 Å². The first-order valence-corrected chi connectivity index (χ1v) is 9.41. The van der Waals surface area contributed by atoms with Gasteiger partial charge in [-0.05, 0) is 29.3 Å². The molecule has 0 aliphatic rings. The number of nitrogens with one attached hydrogen (secondary N) is 2. The molecule has 0 aliphatic carbocycles. The van der Waals surface area contributed by atoms with Gasteiger partial charge in [-0.1, -0.05) is 44.2 Å². The fourth-order valence-corrected chi connectivity index (χ4v) is 3.44. The maximum atomic E-state index is 11.9. The number of carbonyl (C=O) groups excluding carboxylic acids is 2. The Bertz CT molecular complexity index is 683. The highest BCUT2D eigenvalue weighted by Crippen LogP contribution is 2.25. The van der Waals surface area contributed by atoms with Crippen LogP contribution >= 0.6 is 11.3 Å². The summed E-state index contributed by atoms with van der Waals surface area (Å²) in [6, 6.07) is 12.8. The summed E-state index contributed by atoms with van der Waals surface area (Å²) in [4.78, 5) is 24.0. The summed E-state index contributed by atoms with van der Waals surface area (Å²) in [5.74, 6) is 0.0263. The quantitative estimate of drug-likeness (QED) is 0.661. The van der Waals surface area contributed by atoms with E-state index in [-0.39, 0.29) is 24.4 Å². The van der Waals surface area contributed by atoms with E-state index in [0.29, 0.717) is 5.92 Å². The highest BCUT2D eigenvalue weighted by atomic mass is 32.1. The van der Waals surface area contributed by atoms with Crippen molar-refractivity contribution >= 4 is 23.2 Å². The number of hydrazine groups is 1. The van der Waals surface area contributed by atoms with Gasteiger partial charge in [0, 0.05) is 12.5 Å². The highest BCUT2D eigenvalue weighted by Gasteiger charge is 2.20. The average Bonchev–Trinajstić information content (AvgIpc) is 3.14. The first-order valence-electron chi connectivity index (χ1n) is 8.53. The number of carbonyl (C=O) groups is 2. The molecule has 134 valence electrons. The van der Waals surface area contributed by atoms with E-state index in [0.717, 1.165) is 6.42 Å². The zero-order chi connectivity index (χ0) is 18.2. The first kappa shape index (κ1) is 19.1. The molecule has 2 amide bonds. The van der Waals surface area contributed by atoms with Crippen LogP contribution < -0.4 is 16.2 Å². The van der Waals surface area contributed by atoms with Gasteiger partial charge in [0.1, 0.15) is 6.04 Å². The predicted molar refractivity (Wildman–Crippen MR) is 100 cm³/mol. The molecule has 0 fully saturated rings. The van der Waals surface area contributed by atoms with E-state index < -0.39 is 0 Å². The second kappa shape index (κ2) is 9.34. The third kappa shape index (κ3) is 5.69. The van der Waals surface area contributed by atoms with Crippen molar-refractivity contribution in [2.24, 2.45) is 0 Å². The Hall–Kier alpha value is -2.18. The largest absolute Gasteiger partial charge is 0.328 e. The average molecular weight is 361 g/mol. The highest BCUT2D eigenvalue weighted by molar-refractivity contribution is 7.10. The van der Waals surface area contributed by atoms with Gasteiger partial charge in [-0.3, -0.25) is 20.4 Å². The molecule has 0 spiro atoms. The van der Waals surface area contributed by atoms with Crippen molar-refractivity contribution in [1.29, 1.82) is 0 Å². The van der Waals surface area contributed by atoms with Crippen molar-refractivity contribution in [1.82, 2.24) is 10.9 Å². The van der Waals surface area contributed by atoms with Crippen LogP contribution in [0.4, 0.5) is 0 Å². The Balaban J connectivity index is 2.09. The minimum absolute atomic E-state index is 0.0639. The molecule has 6 heteroatoms. The molecule has 1 aromatic carbocycles. The van der Waals surface area contributed by atoms with Crippen LogP contribution in [0.25, 0.3) is 0 Å². The van der Waals surface area contributed by atoms with Crippen LogP contribution in [0.3, 0.4) is 0 Å². The molecular formula is C19H26N3O2S+. The molecule has 2 aromatic rings. The van der Waals surface area contributed by atoms with E-state index in [9.17, 15) is 9.59 Å². The van der Waals surface area contributed by atoms with E-state index in [1.807, 2.05) is 16.8 Å². The molecule has 0 radical (unpaired) electrons. The molecular weight excluding hydrogens is 334 g/mol. The van der Waals surface area contributed by atoms with Crippen molar-refractivity contribution in [3.8, 4) is 0 Å². The molecule has 2 rings (SSSR count). The molecule has 0 saturated heterocycles. The summed E-state index contributed by atoms with van der Waals surface area (Å²) in [5, 5.41) is 4.03. The summed E-state index contributed by atoms with van der Waals surface area (Å²) in [6.45, 7) is 6.01. The molecule has 0 saturated carbocycles. The van der Waals surface area contributed by atoms with Crippen LogP contribution in [0.2, 0.25) is 0 Å². The Morgan fingerprint density at radius 3 is 2.36 bits per heavy atom. The van der Waals surface area contributed by atoms with Crippen LogP contribution in [0.5, 0.6) is 0 Å². The van der Waals surface area contributed by atoms with Gasteiger partial charge < -0.3 is 5.32 Å². The maximum Gasteiger partial charge on any atom is 0.293 e. The fourth-order valence-electron chi connectivity index (χ4n) is 2.59. The Morgan fingerprint density at radius 1 is 1.12 bits per heavy atom. The lowest BCUT2D eigenvalue weighted by atomic mass is 9.95. The lowest BCUT2D eigenvalue weighted by Crippen LogP contribution is -2.88. The Labute approximate surface area is 152 Å². The summed E-state index contributed by atoms with van der Waals surface area (Å²) in [7, 11) is 0. The molecule has 1 aromatic heterocycles. The number of rotatable bonds is 7. The van der Waals surface area contributed by atoms with E-state index in [4.69, 9.17) is 0 Å². The normalized spacial score (nSPS) is 13.1. The molecule has 4 N–H and O–H groups in total. The Morgan fingerprint density at radius 2 is 1.80 bits per heavy atom. The monoisotopic (exact) mass is 360 g/mol. The number of benzene rings is 1. The molecule has 0 unspecified atom stereocenters. The molecule has 25 heavy (non-hydrogen) atoms. The van der Waals surface area contributed by atoms with Crippen LogP contribution in [0, 0.1) is 0 Å². The van der Waals surface area contributed by atoms with Crippen molar-refractivity contribution in [2.75, 3.05) is 6.54 Å². The minimum atomic E-state index is -0.288. The zero-order valence-corrected chi connectivity index (χ0v) is 15.7. The zero-order valence-electron chi connectivity index (χ0n) is 14.9. The SMILES string of the molecule is CC[C@H](C)c1ccc([C@@H]([NH2+]CC(=O)NNC(C)=O)c2cccs2)cc1. The lowest BCUT2D eigenvalue weighted by Gasteiger charge is -2.16. The predicted octanol–water partition coefficient (Wildman–Crippen LogP) is 2.08. The van der Waals surface area contributed by atoms with Gasteiger partial charge in [-0.2, -0.15) is 0 Å². The van der Waals surface area contributed by atoms with Crippen molar-refractivity contribution in [2.45, 2.75) is 39.2 Å². The van der Waals surface area contributed by atoms with Gasteiger partial charge in [0.2, 0.25) is 5.91 Å². The van der Waals surface area contributed by atoms with Crippen molar-refractivity contribution < 1.29 is 14.9 Å². The van der Waals surface area contributed by atoms with Crippen LogP contribution in [-0.4, -0.2) is 18.4 Å². The summed E-state index contributed by atoms with van der Waals surface area (Å²) < 4.78 is 0. The van der Waals surface area contributed by atoms with Gasteiger partial charge in [-0.25, -0.2) is 0 Å². The third-order valence-electron chi connectivity index (χ3n) is 4.24. The molecule has 5 nitrogen and oxygen atoms in total. The summed E-state index contributed by atoms with van der Waals surface area (Å²) in [6.07, 6.45) is 1.11.